The van der Waals surface area contributed by atoms with Crippen LogP contribution >= 0.6 is 0 Å². The number of aliphatic carboxylic acids is 1. The fourth-order valence-corrected chi connectivity index (χ4v) is 5.78. The molecule has 1 aromatic heterocycles. The molecule has 0 radical (unpaired) electrons. The number of carbonyl (C=O) groups excluding carboxylic acids is 1. The molecule has 184 valence electrons. The SMILES string of the molecule is COC(=O)N1c2ccc3c(nc([C@H](O)c4ccccc4)n3C3CCC[C@H](C(=O)O)C3)c2CC[C@H]1C. The Morgan fingerprint density at radius 1 is 1.11 bits per heavy atom. The predicted octanol–water partition coefficient (Wildman–Crippen LogP) is 4.84. The summed E-state index contributed by atoms with van der Waals surface area (Å²) in [6, 6.07) is 13.2. The molecule has 0 spiro atoms. The molecule has 2 N–H and O–H groups in total. The first-order valence-corrected chi connectivity index (χ1v) is 12.3. The molecule has 8 nitrogen and oxygen atoms in total. The fraction of sp³-hybridized carbons (Fsp3) is 0.444. The van der Waals surface area contributed by atoms with E-state index in [1.54, 1.807) is 4.90 Å². The van der Waals surface area contributed by atoms with Crippen molar-refractivity contribution in [2.24, 2.45) is 5.92 Å². The van der Waals surface area contributed by atoms with Crippen molar-refractivity contribution in [1.82, 2.24) is 9.55 Å². The molecule has 8 heteroatoms. The Morgan fingerprint density at radius 3 is 2.60 bits per heavy atom. The van der Waals surface area contributed by atoms with Gasteiger partial charge < -0.3 is 19.5 Å². The molecule has 2 heterocycles. The maximum absolute atomic E-state index is 12.6. The molecule has 2 aromatic carbocycles. The van der Waals surface area contributed by atoms with E-state index in [1.165, 1.54) is 7.11 Å². The molecule has 1 aliphatic carbocycles. The highest BCUT2D eigenvalue weighted by atomic mass is 16.5. The van der Waals surface area contributed by atoms with Crippen LogP contribution < -0.4 is 4.90 Å². The van der Waals surface area contributed by atoms with Gasteiger partial charge >= 0.3 is 12.1 Å². The van der Waals surface area contributed by atoms with Gasteiger partial charge in [0.15, 0.2) is 0 Å². The number of ether oxygens (including phenoxy) is 1. The Bertz CT molecular complexity index is 1250. The summed E-state index contributed by atoms with van der Waals surface area (Å²) in [5.41, 5.74) is 4.08. The minimum Gasteiger partial charge on any atom is -0.481 e. The topological polar surface area (TPSA) is 105 Å². The average molecular weight is 478 g/mol. The van der Waals surface area contributed by atoms with Gasteiger partial charge in [0.2, 0.25) is 0 Å². The number of benzene rings is 2. The number of carboxylic acid groups (broad SMARTS) is 1. The molecule has 1 saturated carbocycles. The van der Waals surface area contributed by atoms with Crippen molar-refractivity contribution in [2.45, 2.75) is 63.6 Å². The van der Waals surface area contributed by atoms with Crippen molar-refractivity contribution >= 4 is 28.8 Å². The number of aromatic nitrogens is 2. The number of anilines is 1. The molecular formula is C27H31N3O5. The lowest BCUT2D eigenvalue weighted by Gasteiger charge is -2.34. The van der Waals surface area contributed by atoms with Crippen molar-refractivity contribution in [2.75, 3.05) is 12.0 Å². The van der Waals surface area contributed by atoms with E-state index < -0.39 is 24.1 Å². The standard InChI is InChI=1S/C27H31N3O5/c1-16-11-12-20-21(29(16)27(34)35-2)13-14-22-23(20)28-25(24(31)17-7-4-3-5-8-17)30(22)19-10-6-9-18(15-19)26(32)33/h3-5,7-8,13-14,16,18-19,24,31H,6,9-12,15H2,1-2H3,(H,32,33)/t16-,18+,19?,24-/m1/s1. The van der Waals surface area contributed by atoms with Gasteiger partial charge in [-0.3, -0.25) is 9.69 Å². The molecule has 5 rings (SSSR count). The number of fused-ring (bicyclic) bond motifs is 3. The third kappa shape index (κ3) is 4.05. The lowest BCUT2D eigenvalue weighted by molar-refractivity contribution is -0.143. The Morgan fingerprint density at radius 2 is 1.89 bits per heavy atom. The van der Waals surface area contributed by atoms with Crippen LogP contribution in [0.1, 0.15) is 68.1 Å². The minimum absolute atomic E-state index is 0.00136. The van der Waals surface area contributed by atoms with Gasteiger partial charge in [0.05, 0.1) is 29.7 Å². The van der Waals surface area contributed by atoms with Crippen molar-refractivity contribution < 1.29 is 24.5 Å². The lowest BCUT2D eigenvalue weighted by Crippen LogP contribution is -2.42. The van der Waals surface area contributed by atoms with Gasteiger partial charge in [0, 0.05) is 17.6 Å². The van der Waals surface area contributed by atoms with Crippen LogP contribution in [0.2, 0.25) is 0 Å². The highest BCUT2D eigenvalue weighted by Crippen LogP contribution is 2.42. The van der Waals surface area contributed by atoms with E-state index in [9.17, 15) is 19.8 Å². The normalized spacial score (nSPS) is 23.1. The van der Waals surface area contributed by atoms with Gasteiger partial charge in [0.25, 0.3) is 0 Å². The van der Waals surface area contributed by atoms with E-state index in [0.29, 0.717) is 18.7 Å². The summed E-state index contributed by atoms with van der Waals surface area (Å²) in [5.74, 6) is -0.676. The van der Waals surface area contributed by atoms with Crippen LogP contribution in [0, 0.1) is 5.92 Å². The summed E-state index contributed by atoms with van der Waals surface area (Å²) >= 11 is 0. The molecule has 4 atom stereocenters. The number of rotatable bonds is 4. The van der Waals surface area contributed by atoms with Crippen LogP contribution in [-0.4, -0.2) is 45.0 Å². The highest BCUT2D eigenvalue weighted by Gasteiger charge is 2.35. The molecule has 0 bridgehead atoms. The number of carbonyl (C=O) groups is 2. The van der Waals surface area contributed by atoms with Gasteiger partial charge in [-0.2, -0.15) is 0 Å². The first-order chi connectivity index (χ1) is 16.9. The Kier molecular flexibility index (Phi) is 6.23. The molecule has 1 fully saturated rings. The number of carboxylic acids is 1. The van der Waals surface area contributed by atoms with E-state index in [1.807, 2.05) is 49.4 Å². The van der Waals surface area contributed by atoms with Gasteiger partial charge in [-0.05, 0) is 56.7 Å². The smallest absolute Gasteiger partial charge is 0.414 e. The molecule has 1 amide bonds. The maximum atomic E-state index is 12.6. The van der Waals surface area contributed by atoms with E-state index in [-0.39, 0.29) is 12.1 Å². The second kappa shape index (κ2) is 9.34. The van der Waals surface area contributed by atoms with Crippen LogP contribution in [0.15, 0.2) is 42.5 Å². The number of aliphatic hydroxyl groups is 1. The second-order valence-electron chi connectivity index (χ2n) is 9.67. The maximum Gasteiger partial charge on any atom is 0.414 e. The summed E-state index contributed by atoms with van der Waals surface area (Å²) in [6.07, 6.45) is 2.96. The van der Waals surface area contributed by atoms with E-state index in [4.69, 9.17) is 9.72 Å². The molecule has 0 saturated heterocycles. The zero-order chi connectivity index (χ0) is 24.7. The largest absolute Gasteiger partial charge is 0.481 e. The summed E-state index contributed by atoms with van der Waals surface area (Å²) in [6.45, 7) is 2.00. The number of aliphatic hydroxyl groups excluding tert-OH is 1. The first-order valence-electron chi connectivity index (χ1n) is 12.3. The summed E-state index contributed by atoms with van der Waals surface area (Å²) in [4.78, 5) is 31.0. The van der Waals surface area contributed by atoms with Gasteiger partial charge in [-0.15, -0.1) is 0 Å². The molecule has 2 aliphatic rings. The molecule has 1 unspecified atom stereocenters. The van der Waals surface area contributed by atoms with Crippen molar-refractivity contribution in [3.05, 3.63) is 59.4 Å². The zero-order valence-electron chi connectivity index (χ0n) is 20.1. The number of aryl methyl sites for hydroxylation is 1. The molecular weight excluding hydrogens is 446 g/mol. The van der Waals surface area contributed by atoms with E-state index in [0.717, 1.165) is 53.5 Å². The van der Waals surface area contributed by atoms with Crippen LogP contribution in [-0.2, 0) is 16.0 Å². The van der Waals surface area contributed by atoms with Gasteiger partial charge in [-0.1, -0.05) is 36.8 Å². The summed E-state index contributed by atoms with van der Waals surface area (Å²) in [5, 5.41) is 21.1. The zero-order valence-corrected chi connectivity index (χ0v) is 20.1. The molecule has 35 heavy (non-hydrogen) atoms. The minimum atomic E-state index is -0.955. The molecule has 1 aliphatic heterocycles. The quantitative estimate of drug-likeness (QED) is 0.557. The average Bonchev–Trinajstić information content (AvgIpc) is 3.28. The van der Waals surface area contributed by atoms with Gasteiger partial charge in [-0.25, -0.2) is 9.78 Å². The van der Waals surface area contributed by atoms with Crippen molar-refractivity contribution in [1.29, 1.82) is 0 Å². The van der Waals surface area contributed by atoms with E-state index >= 15 is 0 Å². The van der Waals surface area contributed by atoms with Crippen LogP contribution in [0.25, 0.3) is 11.0 Å². The monoisotopic (exact) mass is 477 g/mol. The highest BCUT2D eigenvalue weighted by molar-refractivity contribution is 5.95. The van der Waals surface area contributed by atoms with Crippen molar-refractivity contribution in [3.63, 3.8) is 0 Å². The number of amides is 1. The number of imidazole rings is 1. The Hall–Kier alpha value is -3.39. The van der Waals surface area contributed by atoms with Crippen LogP contribution in [0.3, 0.4) is 0 Å². The number of hydrogen-bond acceptors (Lipinski definition) is 5. The summed E-state index contributed by atoms with van der Waals surface area (Å²) < 4.78 is 7.11. The van der Waals surface area contributed by atoms with Crippen molar-refractivity contribution in [3.8, 4) is 0 Å². The lowest BCUT2D eigenvalue weighted by atomic mass is 9.85. The Labute approximate surface area is 204 Å². The second-order valence-corrected chi connectivity index (χ2v) is 9.67. The van der Waals surface area contributed by atoms with Crippen LogP contribution in [0.5, 0.6) is 0 Å². The molecule has 3 aromatic rings. The number of hydrogen-bond donors (Lipinski definition) is 2. The first kappa shape index (κ1) is 23.4. The van der Waals surface area contributed by atoms with E-state index in [2.05, 4.69) is 4.57 Å². The fourth-order valence-electron chi connectivity index (χ4n) is 5.78. The van der Waals surface area contributed by atoms with Gasteiger partial charge in [0.1, 0.15) is 11.9 Å². The summed E-state index contributed by atoms with van der Waals surface area (Å²) in [7, 11) is 1.38. The number of nitrogens with zero attached hydrogens (tertiary/aromatic N) is 3. The number of methoxy groups -OCH3 is 1. The third-order valence-corrected chi connectivity index (χ3v) is 7.57. The predicted molar refractivity (Wildman–Crippen MR) is 132 cm³/mol. The van der Waals surface area contributed by atoms with Crippen LogP contribution in [0.4, 0.5) is 10.5 Å². The Balaban J connectivity index is 1.69. The third-order valence-electron chi connectivity index (χ3n) is 7.57.